The van der Waals surface area contributed by atoms with Gasteiger partial charge in [-0.2, -0.15) is 0 Å². The van der Waals surface area contributed by atoms with Crippen molar-refractivity contribution in [3.05, 3.63) is 0 Å². The molecule has 1 aliphatic heterocycles. The van der Waals surface area contributed by atoms with Gasteiger partial charge in [-0.3, -0.25) is 0 Å². The van der Waals surface area contributed by atoms with Crippen molar-refractivity contribution in [2.24, 2.45) is 5.92 Å². The number of esters is 1. The summed E-state index contributed by atoms with van der Waals surface area (Å²) in [5, 5.41) is 0. The van der Waals surface area contributed by atoms with Crippen molar-refractivity contribution in [2.75, 3.05) is 7.11 Å². The van der Waals surface area contributed by atoms with Gasteiger partial charge < -0.3 is 9.47 Å². The van der Waals surface area contributed by atoms with Crippen LogP contribution < -0.4 is 0 Å². The molecule has 0 aromatic carbocycles. The van der Waals surface area contributed by atoms with Crippen molar-refractivity contribution in [2.45, 2.75) is 38.9 Å². The fraction of sp³-hybridized carbons (Fsp3) is 0.889. The Morgan fingerprint density at radius 2 is 2.33 bits per heavy atom. The molecule has 1 saturated heterocycles. The standard InChI is InChI=1S/C9H16O3/c1-5-6(2)9(3)7(12-9)8(10)11-4/h6-7H,5H2,1-4H3/t6-,7+,9-/m0/s1. The summed E-state index contributed by atoms with van der Waals surface area (Å²) in [6.45, 7) is 6.14. The highest BCUT2D eigenvalue weighted by atomic mass is 16.7. The van der Waals surface area contributed by atoms with Gasteiger partial charge in [0.05, 0.1) is 7.11 Å². The van der Waals surface area contributed by atoms with Gasteiger partial charge in [-0.25, -0.2) is 4.79 Å². The van der Waals surface area contributed by atoms with Crippen LogP contribution in [0.1, 0.15) is 27.2 Å². The monoisotopic (exact) mass is 172 g/mol. The van der Waals surface area contributed by atoms with E-state index in [9.17, 15) is 4.79 Å². The van der Waals surface area contributed by atoms with Gasteiger partial charge in [-0.05, 0) is 12.8 Å². The lowest BCUT2D eigenvalue weighted by Crippen LogP contribution is -2.25. The molecule has 70 valence electrons. The summed E-state index contributed by atoms with van der Waals surface area (Å²) in [5.74, 6) is 0.152. The summed E-state index contributed by atoms with van der Waals surface area (Å²) in [6.07, 6.45) is 0.682. The van der Waals surface area contributed by atoms with Crippen molar-refractivity contribution in [3.8, 4) is 0 Å². The zero-order valence-electron chi connectivity index (χ0n) is 8.09. The second-order valence-corrected chi connectivity index (χ2v) is 3.51. The maximum absolute atomic E-state index is 11.1. The SMILES string of the molecule is CC[C@H](C)[C@]1(C)O[C@@H]1C(=O)OC. The maximum atomic E-state index is 11.1. The Bertz CT molecular complexity index is 190. The number of hydrogen-bond donors (Lipinski definition) is 0. The average molecular weight is 172 g/mol. The Morgan fingerprint density at radius 1 is 1.75 bits per heavy atom. The number of rotatable bonds is 3. The third kappa shape index (κ3) is 1.33. The molecule has 3 atom stereocenters. The zero-order chi connectivity index (χ0) is 9.35. The number of carbonyl (C=O) groups excluding carboxylic acids is 1. The van der Waals surface area contributed by atoms with Crippen molar-refractivity contribution in [1.82, 2.24) is 0 Å². The van der Waals surface area contributed by atoms with Gasteiger partial charge >= 0.3 is 5.97 Å². The van der Waals surface area contributed by atoms with Gasteiger partial charge in [0.25, 0.3) is 0 Å². The predicted molar refractivity (Wildman–Crippen MR) is 44.7 cm³/mol. The number of epoxide rings is 1. The van der Waals surface area contributed by atoms with E-state index in [0.717, 1.165) is 6.42 Å². The van der Waals surface area contributed by atoms with Gasteiger partial charge in [0.1, 0.15) is 5.60 Å². The molecule has 0 spiro atoms. The Balaban J connectivity index is 2.53. The number of methoxy groups -OCH3 is 1. The molecule has 1 fully saturated rings. The van der Waals surface area contributed by atoms with Crippen LogP contribution in [0.2, 0.25) is 0 Å². The molecule has 12 heavy (non-hydrogen) atoms. The molecule has 0 aliphatic carbocycles. The normalized spacial score (nSPS) is 35.8. The first-order chi connectivity index (χ1) is 5.56. The van der Waals surface area contributed by atoms with E-state index in [2.05, 4.69) is 18.6 Å². The van der Waals surface area contributed by atoms with Crippen molar-refractivity contribution < 1.29 is 14.3 Å². The maximum Gasteiger partial charge on any atom is 0.338 e. The van der Waals surface area contributed by atoms with Gasteiger partial charge in [-0.15, -0.1) is 0 Å². The van der Waals surface area contributed by atoms with Crippen molar-refractivity contribution in [3.63, 3.8) is 0 Å². The molecular weight excluding hydrogens is 156 g/mol. The average Bonchev–Trinajstić information content (AvgIpc) is 2.76. The highest BCUT2D eigenvalue weighted by Gasteiger charge is 2.60. The van der Waals surface area contributed by atoms with Crippen LogP contribution in [0.25, 0.3) is 0 Å². The van der Waals surface area contributed by atoms with Crippen LogP contribution in [-0.2, 0) is 14.3 Å². The van der Waals surface area contributed by atoms with Gasteiger partial charge in [0, 0.05) is 0 Å². The first-order valence-electron chi connectivity index (χ1n) is 4.32. The fourth-order valence-corrected chi connectivity index (χ4v) is 1.39. The summed E-state index contributed by atoms with van der Waals surface area (Å²) in [7, 11) is 1.39. The molecule has 3 nitrogen and oxygen atoms in total. The highest BCUT2D eigenvalue weighted by Crippen LogP contribution is 2.44. The van der Waals surface area contributed by atoms with E-state index in [1.807, 2.05) is 6.92 Å². The van der Waals surface area contributed by atoms with E-state index < -0.39 is 0 Å². The van der Waals surface area contributed by atoms with E-state index in [1.165, 1.54) is 7.11 Å². The van der Waals surface area contributed by atoms with Crippen LogP contribution in [0.4, 0.5) is 0 Å². The molecule has 0 aromatic heterocycles. The Labute approximate surface area is 73.0 Å². The number of hydrogen-bond acceptors (Lipinski definition) is 3. The molecule has 3 heteroatoms. The quantitative estimate of drug-likeness (QED) is 0.476. The van der Waals surface area contributed by atoms with E-state index in [1.54, 1.807) is 0 Å². The summed E-state index contributed by atoms with van der Waals surface area (Å²) in [4.78, 5) is 11.1. The van der Waals surface area contributed by atoms with Crippen LogP contribution in [0.5, 0.6) is 0 Å². The van der Waals surface area contributed by atoms with E-state index in [0.29, 0.717) is 5.92 Å². The smallest absolute Gasteiger partial charge is 0.338 e. The molecule has 1 heterocycles. The van der Waals surface area contributed by atoms with Gasteiger partial charge in [-0.1, -0.05) is 20.3 Å². The molecule has 0 radical (unpaired) electrons. The Morgan fingerprint density at radius 3 is 2.75 bits per heavy atom. The largest absolute Gasteiger partial charge is 0.467 e. The first kappa shape index (κ1) is 9.52. The van der Waals surface area contributed by atoms with Crippen LogP contribution >= 0.6 is 0 Å². The zero-order valence-corrected chi connectivity index (χ0v) is 8.09. The molecular formula is C9H16O3. The minimum absolute atomic E-state index is 0.252. The summed E-state index contributed by atoms with van der Waals surface area (Å²) in [6, 6.07) is 0. The third-order valence-corrected chi connectivity index (χ3v) is 2.84. The Kier molecular flexibility index (Phi) is 2.42. The van der Waals surface area contributed by atoms with Crippen molar-refractivity contribution in [1.29, 1.82) is 0 Å². The molecule has 0 aromatic rings. The predicted octanol–water partition coefficient (Wildman–Crippen LogP) is 1.36. The van der Waals surface area contributed by atoms with Crippen molar-refractivity contribution >= 4 is 5.97 Å². The van der Waals surface area contributed by atoms with Crippen LogP contribution in [-0.4, -0.2) is 24.8 Å². The van der Waals surface area contributed by atoms with Gasteiger partial charge in [0.2, 0.25) is 0 Å². The number of carbonyl (C=O) groups is 1. The minimum Gasteiger partial charge on any atom is -0.467 e. The lowest BCUT2D eigenvalue weighted by Gasteiger charge is -2.12. The summed E-state index contributed by atoms with van der Waals surface area (Å²) in [5.41, 5.74) is -0.276. The van der Waals surface area contributed by atoms with Crippen LogP contribution in [0, 0.1) is 5.92 Å². The third-order valence-electron chi connectivity index (χ3n) is 2.84. The lowest BCUT2D eigenvalue weighted by molar-refractivity contribution is -0.142. The highest BCUT2D eigenvalue weighted by molar-refractivity contribution is 5.79. The molecule has 1 rings (SSSR count). The van der Waals surface area contributed by atoms with E-state index >= 15 is 0 Å². The van der Waals surface area contributed by atoms with E-state index in [4.69, 9.17) is 4.74 Å². The van der Waals surface area contributed by atoms with Crippen LogP contribution in [0.15, 0.2) is 0 Å². The molecule has 0 bridgehead atoms. The second-order valence-electron chi connectivity index (χ2n) is 3.51. The van der Waals surface area contributed by atoms with Gasteiger partial charge in [0.15, 0.2) is 6.10 Å². The second kappa shape index (κ2) is 3.05. The molecule has 0 N–H and O–H groups in total. The molecule has 0 saturated carbocycles. The lowest BCUT2D eigenvalue weighted by atomic mass is 9.90. The summed E-state index contributed by atoms with van der Waals surface area (Å²) >= 11 is 0. The van der Waals surface area contributed by atoms with E-state index in [-0.39, 0.29) is 17.7 Å². The minimum atomic E-state index is -0.336. The molecule has 1 aliphatic rings. The fourth-order valence-electron chi connectivity index (χ4n) is 1.39. The van der Waals surface area contributed by atoms with Crippen LogP contribution in [0.3, 0.4) is 0 Å². The first-order valence-corrected chi connectivity index (χ1v) is 4.32. The molecule has 0 amide bonds. The Hall–Kier alpha value is -0.570. The summed E-state index contributed by atoms with van der Waals surface area (Å²) < 4.78 is 9.94. The molecule has 0 unspecified atom stereocenters. The topological polar surface area (TPSA) is 38.8 Å². The number of ether oxygens (including phenoxy) is 2.